The van der Waals surface area contributed by atoms with Crippen LogP contribution in [0.2, 0.25) is 24.7 Å². The van der Waals surface area contributed by atoms with Crippen molar-refractivity contribution in [2.24, 2.45) is 0 Å². The molecule has 0 spiro atoms. The van der Waals surface area contributed by atoms with Crippen LogP contribution in [0.5, 0.6) is 0 Å². The molecule has 1 aromatic carbocycles. The molecule has 162 valence electrons. The predicted molar refractivity (Wildman–Crippen MR) is 117 cm³/mol. The predicted octanol–water partition coefficient (Wildman–Crippen LogP) is 4.81. The molecule has 0 aliphatic rings. The van der Waals surface area contributed by atoms with Gasteiger partial charge in [-0.1, -0.05) is 11.6 Å². The Morgan fingerprint density at radius 2 is 1.72 bits per heavy atom. The fourth-order valence-corrected chi connectivity index (χ4v) is 3.96. The molecule has 0 atom stereocenters. The summed E-state index contributed by atoms with van der Waals surface area (Å²) in [7, 11) is -1.71. The molecule has 0 aliphatic heterocycles. The van der Waals surface area contributed by atoms with Crippen LogP contribution in [0.3, 0.4) is 0 Å². The van der Waals surface area contributed by atoms with Gasteiger partial charge in [-0.2, -0.15) is 0 Å². The second kappa shape index (κ2) is 12.2. The summed E-state index contributed by atoms with van der Waals surface area (Å²) >= 11 is 7.05. The number of halogens is 2. The largest absolute Gasteiger partial charge is 0.462 e. The van der Waals surface area contributed by atoms with E-state index in [0.29, 0.717) is 18.0 Å². The van der Waals surface area contributed by atoms with E-state index in [0.717, 1.165) is 0 Å². The Morgan fingerprint density at radius 3 is 2.21 bits per heavy atom. The molecule has 0 fully saturated rings. The number of hydrogen-bond acceptors (Lipinski definition) is 7. The van der Waals surface area contributed by atoms with E-state index in [4.69, 9.17) is 25.5 Å². The number of nitrogens with one attached hydrogen (secondary N) is 1. The van der Waals surface area contributed by atoms with Crippen molar-refractivity contribution in [1.29, 1.82) is 0 Å². The Balaban J connectivity index is 3.23. The van der Waals surface area contributed by atoms with E-state index in [1.54, 1.807) is 13.8 Å². The standard InChI is InChI=1S/C19H27ClFNO5SSi/c1-6-25-18(23)16(19(24)26-7-2)17(28-11-10-27-29(3,4)5)22-13-8-9-15(21)14(20)12-13/h8-9,12,22H,6-7,10-11H2,1-5H3. The summed E-state index contributed by atoms with van der Waals surface area (Å²) in [5, 5.41) is 3.11. The highest BCUT2D eigenvalue weighted by Crippen LogP contribution is 2.27. The lowest BCUT2D eigenvalue weighted by molar-refractivity contribution is -0.146. The zero-order chi connectivity index (χ0) is 22.0. The smallest absolute Gasteiger partial charge is 0.348 e. The highest BCUT2D eigenvalue weighted by atomic mass is 35.5. The van der Waals surface area contributed by atoms with Gasteiger partial charge in [0.2, 0.25) is 0 Å². The molecule has 0 aromatic heterocycles. The van der Waals surface area contributed by atoms with Gasteiger partial charge in [0.25, 0.3) is 0 Å². The van der Waals surface area contributed by atoms with Crippen molar-refractivity contribution in [3.05, 3.63) is 39.6 Å². The molecule has 0 aliphatic carbocycles. The second-order valence-corrected chi connectivity index (χ2v) is 12.7. The molecule has 6 nitrogen and oxygen atoms in total. The zero-order valence-corrected chi connectivity index (χ0v) is 19.8. The third-order valence-corrected chi connectivity index (χ3v) is 5.55. The van der Waals surface area contributed by atoms with E-state index in [1.807, 2.05) is 0 Å². The lowest BCUT2D eigenvalue weighted by Gasteiger charge is -2.19. The summed E-state index contributed by atoms with van der Waals surface area (Å²) in [5.41, 5.74) is 0.156. The van der Waals surface area contributed by atoms with Crippen molar-refractivity contribution in [3.8, 4) is 0 Å². The lowest BCUT2D eigenvalue weighted by atomic mass is 10.2. The van der Waals surface area contributed by atoms with Crippen molar-refractivity contribution >= 4 is 49.3 Å². The normalized spacial score (nSPS) is 11.0. The van der Waals surface area contributed by atoms with E-state index in [1.165, 1.54) is 30.0 Å². The minimum absolute atomic E-state index is 0.0877. The zero-order valence-electron chi connectivity index (χ0n) is 17.3. The van der Waals surface area contributed by atoms with E-state index in [-0.39, 0.29) is 28.8 Å². The summed E-state index contributed by atoms with van der Waals surface area (Å²) in [6.45, 7) is 10.1. The quantitative estimate of drug-likeness (QED) is 0.126. The van der Waals surface area contributed by atoms with E-state index in [2.05, 4.69) is 25.0 Å². The summed E-state index contributed by atoms with van der Waals surface area (Å²) in [4.78, 5) is 24.9. The Hall–Kier alpha value is -1.55. The molecule has 29 heavy (non-hydrogen) atoms. The molecule has 10 heteroatoms. The van der Waals surface area contributed by atoms with Gasteiger partial charge < -0.3 is 19.2 Å². The van der Waals surface area contributed by atoms with Gasteiger partial charge in [0.1, 0.15) is 5.82 Å². The maximum Gasteiger partial charge on any atom is 0.348 e. The minimum atomic E-state index is -1.71. The molecule has 0 saturated heterocycles. The van der Waals surface area contributed by atoms with Gasteiger partial charge in [0.15, 0.2) is 13.9 Å². The van der Waals surface area contributed by atoms with Crippen molar-refractivity contribution < 1.29 is 27.9 Å². The molecule has 0 unspecified atom stereocenters. The number of hydrogen-bond donors (Lipinski definition) is 1. The first-order valence-corrected chi connectivity index (χ1v) is 13.9. The van der Waals surface area contributed by atoms with Gasteiger partial charge in [0, 0.05) is 18.0 Å². The Morgan fingerprint density at radius 1 is 1.14 bits per heavy atom. The number of benzene rings is 1. The van der Waals surface area contributed by atoms with Crippen LogP contribution in [0, 0.1) is 5.82 Å². The fourth-order valence-electron chi connectivity index (χ4n) is 2.04. The van der Waals surface area contributed by atoms with Gasteiger partial charge in [0.05, 0.1) is 23.3 Å². The van der Waals surface area contributed by atoms with Gasteiger partial charge in [-0.3, -0.25) is 0 Å². The average Bonchev–Trinajstić information content (AvgIpc) is 2.61. The maximum atomic E-state index is 13.5. The van der Waals surface area contributed by atoms with Crippen LogP contribution in [-0.4, -0.2) is 45.8 Å². The molecular formula is C19H27ClFNO5SSi. The number of carbonyl (C=O) groups is 2. The number of ether oxygens (including phenoxy) is 2. The fraction of sp³-hybridized carbons (Fsp3) is 0.474. The van der Waals surface area contributed by atoms with Crippen LogP contribution in [0.25, 0.3) is 0 Å². The molecule has 1 aromatic rings. The third kappa shape index (κ3) is 9.20. The Labute approximate surface area is 181 Å². The number of rotatable bonds is 11. The van der Waals surface area contributed by atoms with Crippen LogP contribution in [0.4, 0.5) is 10.1 Å². The monoisotopic (exact) mass is 463 g/mol. The summed E-state index contributed by atoms with van der Waals surface area (Å²) < 4.78 is 29.4. The van der Waals surface area contributed by atoms with Crippen molar-refractivity contribution in [3.63, 3.8) is 0 Å². The van der Waals surface area contributed by atoms with Crippen molar-refractivity contribution in [2.75, 3.05) is 30.9 Å². The first-order valence-electron chi connectivity index (χ1n) is 9.16. The lowest BCUT2D eigenvalue weighted by Crippen LogP contribution is -2.27. The van der Waals surface area contributed by atoms with Crippen LogP contribution >= 0.6 is 23.4 Å². The van der Waals surface area contributed by atoms with E-state index >= 15 is 0 Å². The number of anilines is 1. The van der Waals surface area contributed by atoms with Crippen LogP contribution in [0.1, 0.15) is 13.8 Å². The van der Waals surface area contributed by atoms with Crippen LogP contribution < -0.4 is 5.32 Å². The van der Waals surface area contributed by atoms with E-state index in [9.17, 15) is 14.0 Å². The van der Waals surface area contributed by atoms with Gasteiger partial charge in [-0.15, -0.1) is 11.8 Å². The van der Waals surface area contributed by atoms with Gasteiger partial charge in [-0.25, -0.2) is 14.0 Å². The molecular weight excluding hydrogens is 437 g/mol. The summed E-state index contributed by atoms with van der Waals surface area (Å²) in [5.74, 6) is -1.71. The SMILES string of the molecule is CCOC(=O)C(C(=O)OCC)=C(Nc1ccc(F)c(Cl)c1)SCCO[Si](C)(C)C. The van der Waals surface area contributed by atoms with Crippen LogP contribution in [-0.2, 0) is 23.5 Å². The maximum absolute atomic E-state index is 13.5. The molecule has 0 bridgehead atoms. The average molecular weight is 464 g/mol. The molecule has 1 N–H and O–H groups in total. The van der Waals surface area contributed by atoms with Crippen molar-refractivity contribution in [1.82, 2.24) is 0 Å². The number of thioether (sulfide) groups is 1. The highest BCUT2D eigenvalue weighted by Gasteiger charge is 2.27. The Bertz CT molecular complexity index is 735. The summed E-state index contributed by atoms with van der Waals surface area (Å²) in [6, 6.07) is 4.01. The molecule has 1 rings (SSSR count). The number of esters is 2. The van der Waals surface area contributed by atoms with E-state index < -0.39 is 26.1 Å². The molecule has 0 radical (unpaired) electrons. The van der Waals surface area contributed by atoms with Gasteiger partial charge in [-0.05, 0) is 51.7 Å². The second-order valence-electron chi connectivity index (χ2n) is 6.71. The summed E-state index contributed by atoms with van der Waals surface area (Å²) in [6.07, 6.45) is 0. The topological polar surface area (TPSA) is 73.9 Å². The molecule has 0 amide bonds. The van der Waals surface area contributed by atoms with Crippen molar-refractivity contribution in [2.45, 2.75) is 33.5 Å². The highest BCUT2D eigenvalue weighted by molar-refractivity contribution is 8.03. The van der Waals surface area contributed by atoms with Crippen LogP contribution in [0.15, 0.2) is 28.8 Å². The minimum Gasteiger partial charge on any atom is -0.462 e. The first-order chi connectivity index (χ1) is 13.6. The Kier molecular flexibility index (Phi) is 10.7. The third-order valence-electron chi connectivity index (χ3n) is 3.23. The first kappa shape index (κ1) is 25.5. The molecule has 0 heterocycles. The number of carbonyl (C=O) groups excluding carboxylic acids is 2. The molecule has 0 saturated carbocycles. The van der Waals surface area contributed by atoms with Gasteiger partial charge >= 0.3 is 11.9 Å².